The monoisotopic (exact) mass is 491 g/mol. The molecule has 0 radical (unpaired) electrons. The first-order chi connectivity index (χ1) is 14.3. The number of unbranched alkanes of at least 4 members (excludes halogenated alkanes) is 13. The largest absolute Gasteiger partial charge is 0.722 e. The van der Waals surface area contributed by atoms with Crippen LogP contribution in [0.25, 0.3) is 0 Å². The fourth-order valence-electron chi connectivity index (χ4n) is 2.93. The van der Waals surface area contributed by atoms with Crippen molar-refractivity contribution in [2.24, 2.45) is 0 Å². The predicted octanol–water partition coefficient (Wildman–Crippen LogP) is 4.94. The topological polar surface area (TPSA) is 101 Å². The molecule has 0 N–H and O–H groups in total. The zero-order valence-electron chi connectivity index (χ0n) is 20.1. The smallest absolute Gasteiger partial charge is 0.272 e. The molecule has 0 aliphatic heterocycles. The van der Waals surface area contributed by atoms with Crippen molar-refractivity contribution < 1.29 is 33.9 Å². The van der Waals surface area contributed by atoms with Crippen LogP contribution in [0.3, 0.4) is 0 Å². The zero-order chi connectivity index (χ0) is 24.2. The molecule has 0 aromatic rings. The molecule has 0 aromatic heterocycles. The van der Waals surface area contributed by atoms with Gasteiger partial charge in [-0.25, -0.2) is 8.42 Å². The molecule has 7 nitrogen and oxygen atoms in total. The van der Waals surface area contributed by atoms with Gasteiger partial charge < -0.3 is 9.04 Å². The Morgan fingerprint density at radius 3 is 1.35 bits per heavy atom. The van der Waals surface area contributed by atoms with Crippen LogP contribution in [0, 0.1) is 0 Å². The van der Waals surface area contributed by atoms with E-state index in [4.69, 9.17) is 17.2 Å². The summed E-state index contributed by atoms with van der Waals surface area (Å²) in [5.74, 6) is 0.106. The average Bonchev–Trinajstić information content (AvgIpc) is 2.61. The van der Waals surface area contributed by atoms with E-state index in [1.165, 1.54) is 77.0 Å². The molecule has 0 spiro atoms. The Morgan fingerprint density at radius 2 is 1.03 bits per heavy atom. The third kappa shape index (κ3) is 37.4. The van der Waals surface area contributed by atoms with Gasteiger partial charge in [-0.05, 0) is 6.42 Å². The van der Waals surface area contributed by atoms with Crippen LogP contribution in [-0.2, 0) is 24.8 Å². The lowest BCUT2D eigenvalue weighted by molar-refractivity contribution is -0.867. The molecule has 0 saturated heterocycles. The predicted molar refractivity (Wildman–Crippen MR) is 124 cm³/mol. The third-order valence-electron chi connectivity index (χ3n) is 4.77. The van der Waals surface area contributed by atoms with Crippen LogP contribution in [0.15, 0.2) is 0 Å². The molecular formula is C21H46FNO6S2. The van der Waals surface area contributed by atoms with Crippen LogP contribution in [0.2, 0.25) is 0 Å². The summed E-state index contributed by atoms with van der Waals surface area (Å²) in [4.78, 5) is 0. The first-order valence-corrected chi connectivity index (χ1v) is 14.5. The highest BCUT2D eigenvalue weighted by molar-refractivity contribution is 7.86. The minimum atomic E-state index is -5.42. The first kappa shape index (κ1) is 32.9. The maximum atomic E-state index is 11.8. The van der Waals surface area contributed by atoms with E-state index in [1.807, 2.05) is 21.1 Å². The van der Waals surface area contributed by atoms with E-state index >= 15 is 0 Å². The minimum absolute atomic E-state index is 0.106. The van der Waals surface area contributed by atoms with Crippen LogP contribution in [-0.4, -0.2) is 65.9 Å². The van der Waals surface area contributed by atoms with Gasteiger partial charge in [0.25, 0.3) is 20.6 Å². The number of rotatable bonds is 19. The summed E-state index contributed by atoms with van der Waals surface area (Å²) in [7, 11) is -2.80. The highest BCUT2D eigenvalue weighted by Gasteiger charge is 2.17. The molecule has 0 aliphatic carbocycles. The van der Waals surface area contributed by atoms with Crippen molar-refractivity contribution in [2.75, 3.05) is 40.0 Å². The summed E-state index contributed by atoms with van der Waals surface area (Å²) in [5.41, 5.74) is 0. The second kappa shape index (κ2) is 19.2. The number of hydrogen-bond acceptors (Lipinski definition) is 6. The van der Waals surface area contributed by atoms with E-state index in [0.29, 0.717) is 17.6 Å². The van der Waals surface area contributed by atoms with Gasteiger partial charge in [0.2, 0.25) is 0 Å². The fourth-order valence-corrected chi connectivity index (χ4v) is 4.19. The molecule has 0 atom stereocenters. The maximum Gasteiger partial charge on any atom is 0.272 e. The molecule has 190 valence electrons. The molecule has 0 saturated carbocycles. The standard InChI is InChI=1S/C21H46NO3S.FHO3S/c1-5-6-7-8-9-10-11-12-13-14-15-16-17-18-20-25-26(23,24)21-19-22(2,3)4;1-5(2,3)4/h5-21H2,1-4H3;(H,2,3,4)/q+1;/p-1. The van der Waals surface area contributed by atoms with Gasteiger partial charge in [0.1, 0.15) is 5.75 Å². The van der Waals surface area contributed by atoms with E-state index in [0.717, 1.165) is 12.8 Å². The lowest BCUT2D eigenvalue weighted by Gasteiger charge is -2.23. The first-order valence-electron chi connectivity index (χ1n) is 11.6. The Balaban J connectivity index is 0. The van der Waals surface area contributed by atoms with Gasteiger partial charge in [-0.2, -0.15) is 8.42 Å². The Labute approximate surface area is 191 Å². The van der Waals surface area contributed by atoms with Crippen LogP contribution in [0.1, 0.15) is 96.8 Å². The highest BCUT2D eigenvalue weighted by Crippen LogP contribution is 2.13. The van der Waals surface area contributed by atoms with Crippen LogP contribution in [0.5, 0.6) is 0 Å². The van der Waals surface area contributed by atoms with Crippen molar-refractivity contribution in [2.45, 2.75) is 96.8 Å². The van der Waals surface area contributed by atoms with Crippen molar-refractivity contribution in [1.29, 1.82) is 0 Å². The molecule has 0 fully saturated rings. The van der Waals surface area contributed by atoms with Gasteiger partial charge in [-0.15, -0.1) is 3.89 Å². The molecule has 31 heavy (non-hydrogen) atoms. The Morgan fingerprint density at radius 1 is 0.710 bits per heavy atom. The van der Waals surface area contributed by atoms with Gasteiger partial charge in [0.05, 0.1) is 34.3 Å². The minimum Gasteiger partial charge on any atom is -0.722 e. The van der Waals surface area contributed by atoms with Crippen molar-refractivity contribution in [3.8, 4) is 0 Å². The van der Waals surface area contributed by atoms with E-state index in [9.17, 15) is 12.3 Å². The van der Waals surface area contributed by atoms with Gasteiger partial charge >= 0.3 is 0 Å². The van der Waals surface area contributed by atoms with Gasteiger partial charge in [-0.3, -0.25) is 4.18 Å². The molecule has 0 bridgehead atoms. The van der Waals surface area contributed by atoms with Crippen molar-refractivity contribution in [3.63, 3.8) is 0 Å². The quantitative estimate of drug-likeness (QED) is 0.0834. The lowest BCUT2D eigenvalue weighted by Crippen LogP contribution is -2.39. The molecule has 0 aromatic carbocycles. The molecule has 0 amide bonds. The highest BCUT2D eigenvalue weighted by atomic mass is 32.3. The van der Waals surface area contributed by atoms with Gasteiger partial charge in [0, 0.05) is 0 Å². The normalized spacial score (nSPS) is 12.5. The number of nitrogens with zero attached hydrogens (tertiary/aromatic N) is 1. The molecule has 10 heteroatoms. The molecule has 0 unspecified atom stereocenters. The van der Waals surface area contributed by atoms with Crippen LogP contribution < -0.4 is 0 Å². The SMILES string of the molecule is CCCCCCCCCCCCCCCCOS(=O)(=O)CC[N+](C)(C)C.O=S(=O)([O-])F. The van der Waals surface area contributed by atoms with Crippen molar-refractivity contribution in [1.82, 2.24) is 0 Å². The maximum absolute atomic E-state index is 11.8. The average molecular weight is 492 g/mol. The molecule has 0 aliphatic rings. The lowest BCUT2D eigenvalue weighted by atomic mass is 10.0. The number of hydrogen-bond donors (Lipinski definition) is 0. The Hall–Kier alpha value is -0.290. The fraction of sp³-hybridized carbons (Fsp3) is 1.00. The summed E-state index contributed by atoms with van der Waals surface area (Å²) in [6.07, 6.45) is 18.2. The Kier molecular flexibility index (Phi) is 20.4. The zero-order valence-corrected chi connectivity index (χ0v) is 21.7. The van der Waals surface area contributed by atoms with Gasteiger partial charge in [0.15, 0.2) is 0 Å². The van der Waals surface area contributed by atoms with E-state index in [1.54, 1.807) is 0 Å². The second-order valence-corrected chi connectivity index (χ2v) is 11.6. The molecule has 0 rings (SSSR count). The molecular weight excluding hydrogens is 445 g/mol. The molecule has 0 heterocycles. The second-order valence-electron chi connectivity index (χ2n) is 9.09. The summed E-state index contributed by atoms with van der Waals surface area (Å²) in [6, 6.07) is 0. The van der Waals surface area contributed by atoms with E-state index in [-0.39, 0.29) is 5.75 Å². The van der Waals surface area contributed by atoms with Gasteiger partial charge in [-0.1, -0.05) is 90.4 Å². The number of quaternary nitrogens is 1. The van der Waals surface area contributed by atoms with Crippen LogP contribution in [0.4, 0.5) is 3.89 Å². The summed E-state index contributed by atoms with van der Waals surface area (Å²) in [5, 5.41) is 0. The third-order valence-corrected chi connectivity index (χ3v) is 5.98. The summed E-state index contributed by atoms with van der Waals surface area (Å²) < 4.78 is 64.6. The van der Waals surface area contributed by atoms with Crippen LogP contribution >= 0.6 is 0 Å². The van der Waals surface area contributed by atoms with E-state index in [2.05, 4.69) is 6.92 Å². The number of halogens is 1. The summed E-state index contributed by atoms with van der Waals surface area (Å²) >= 11 is 0. The van der Waals surface area contributed by atoms with Crippen molar-refractivity contribution >= 4 is 20.6 Å². The summed E-state index contributed by atoms with van der Waals surface area (Å²) in [6.45, 7) is 3.20. The van der Waals surface area contributed by atoms with E-state index < -0.39 is 20.6 Å². The Bertz CT molecular complexity index is 596. The van der Waals surface area contributed by atoms with Crippen molar-refractivity contribution in [3.05, 3.63) is 0 Å².